The Morgan fingerprint density at radius 2 is 1.09 bits per heavy atom. The lowest BCUT2D eigenvalue weighted by molar-refractivity contribution is -0.132. The molecule has 174 valence electrons. The number of hydrogen-bond acceptors (Lipinski definition) is 6. The van der Waals surface area contributed by atoms with Gasteiger partial charge in [0.2, 0.25) is 0 Å². The summed E-state index contributed by atoms with van der Waals surface area (Å²) >= 11 is 0. The summed E-state index contributed by atoms with van der Waals surface area (Å²) in [6.07, 6.45) is 0. The van der Waals surface area contributed by atoms with Gasteiger partial charge in [0.05, 0.1) is 13.2 Å². The van der Waals surface area contributed by atoms with E-state index in [1.54, 1.807) is 62.4 Å². The van der Waals surface area contributed by atoms with Crippen molar-refractivity contribution in [1.82, 2.24) is 9.97 Å². The second-order valence-corrected chi connectivity index (χ2v) is 7.32. The summed E-state index contributed by atoms with van der Waals surface area (Å²) in [6, 6.07) is 13.1. The van der Waals surface area contributed by atoms with Crippen LogP contribution in [0.2, 0.25) is 0 Å². The number of H-pyrrole nitrogens is 2. The highest BCUT2D eigenvalue weighted by Gasteiger charge is 2.17. The van der Waals surface area contributed by atoms with E-state index in [-0.39, 0.29) is 13.2 Å². The van der Waals surface area contributed by atoms with E-state index >= 15 is 0 Å². The topological polar surface area (TPSA) is 142 Å². The number of rotatable bonds is 6. The normalized spacial score (nSPS) is 10.8. The van der Waals surface area contributed by atoms with Crippen molar-refractivity contribution in [3.05, 3.63) is 59.9 Å². The molecule has 0 saturated carbocycles. The van der Waals surface area contributed by atoms with Crippen molar-refractivity contribution >= 4 is 56.9 Å². The van der Waals surface area contributed by atoms with Gasteiger partial charge in [-0.05, 0) is 62.4 Å². The highest BCUT2D eigenvalue weighted by molar-refractivity contribution is 6.43. The summed E-state index contributed by atoms with van der Waals surface area (Å²) in [4.78, 5) is 54.5. The molecule has 0 spiro atoms. The number of hydrogen-bond donors (Lipinski definition) is 4. The number of amides is 2. The van der Waals surface area contributed by atoms with Crippen molar-refractivity contribution in [3.63, 3.8) is 0 Å². The molecule has 0 atom stereocenters. The summed E-state index contributed by atoms with van der Waals surface area (Å²) in [7, 11) is 0. The van der Waals surface area contributed by atoms with Gasteiger partial charge >= 0.3 is 23.8 Å². The Hall–Kier alpha value is -4.60. The summed E-state index contributed by atoms with van der Waals surface area (Å²) in [5, 5.41) is 6.43. The fourth-order valence-electron chi connectivity index (χ4n) is 3.43. The van der Waals surface area contributed by atoms with Gasteiger partial charge in [0.15, 0.2) is 0 Å². The fourth-order valence-corrected chi connectivity index (χ4v) is 3.43. The predicted molar refractivity (Wildman–Crippen MR) is 126 cm³/mol. The summed E-state index contributed by atoms with van der Waals surface area (Å²) < 4.78 is 9.95. The van der Waals surface area contributed by atoms with Crippen molar-refractivity contribution < 1.29 is 28.7 Å². The zero-order chi connectivity index (χ0) is 24.2. The predicted octanol–water partition coefficient (Wildman–Crippen LogP) is 3.58. The molecule has 34 heavy (non-hydrogen) atoms. The molecule has 0 aliphatic rings. The van der Waals surface area contributed by atoms with Crippen LogP contribution < -0.4 is 10.6 Å². The van der Waals surface area contributed by atoms with Gasteiger partial charge < -0.3 is 30.1 Å². The maximum Gasteiger partial charge on any atom is 0.354 e. The van der Waals surface area contributed by atoms with Crippen molar-refractivity contribution in [3.8, 4) is 0 Å². The first-order valence-electron chi connectivity index (χ1n) is 10.6. The van der Waals surface area contributed by atoms with Gasteiger partial charge in [-0.2, -0.15) is 0 Å². The largest absolute Gasteiger partial charge is 0.461 e. The first-order chi connectivity index (χ1) is 16.4. The van der Waals surface area contributed by atoms with Crippen LogP contribution in [0.5, 0.6) is 0 Å². The molecule has 4 aromatic rings. The monoisotopic (exact) mass is 462 g/mol. The summed E-state index contributed by atoms with van der Waals surface area (Å²) in [6.45, 7) is 3.95. The smallest absolute Gasteiger partial charge is 0.354 e. The lowest BCUT2D eigenvalue weighted by Gasteiger charge is -2.07. The van der Waals surface area contributed by atoms with Crippen molar-refractivity contribution in [2.75, 3.05) is 23.8 Å². The zero-order valence-corrected chi connectivity index (χ0v) is 18.5. The first kappa shape index (κ1) is 22.6. The Kier molecular flexibility index (Phi) is 6.30. The van der Waals surface area contributed by atoms with E-state index in [9.17, 15) is 19.2 Å². The van der Waals surface area contributed by atoms with Gasteiger partial charge in [-0.1, -0.05) is 0 Å². The second kappa shape index (κ2) is 9.49. The van der Waals surface area contributed by atoms with Crippen LogP contribution in [0.4, 0.5) is 11.4 Å². The maximum atomic E-state index is 12.4. The van der Waals surface area contributed by atoms with E-state index in [1.165, 1.54) is 0 Å². The first-order valence-corrected chi connectivity index (χ1v) is 10.6. The van der Waals surface area contributed by atoms with Gasteiger partial charge in [-0.3, -0.25) is 9.59 Å². The molecule has 4 rings (SSSR count). The molecule has 2 heterocycles. The molecule has 2 aromatic carbocycles. The standard InChI is InChI=1S/C24H22N4O6/c1-3-33-23(31)19-11-13-9-15(5-7-17(13)27-19)25-21(29)22(30)26-16-6-8-18-14(10-16)12-20(28-18)24(32)34-4-2/h5-12,27-28H,3-4H2,1-2H3,(H,25,29)(H,26,30). The van der Waals surface area contributed by atoms with Crippen molar-refractivity contribution in [2.45, 2.75) is 13.8 Å². The molecular weight excluding hydrogens is 440 g/mol. The average Bonchev–Trinajstić information content (AvgIpc) is 3.43. The Morgan fingerprint density at radius 3 is 1.47 bits per heavy atom. The Balaban J connectivity index is 1.43. The molecule has 0 unspecified atom stereocenters. The number of ether oxygens (including phenoxy) is 2. The number of carbonyl (C=O) groups excluding carboxylic acids is 4. The number of aromatic nitrogens is 2. The van der Waals surface area contributed by atoms with Crippen LogP contribution in [0.3, 0.4) is 0 Å². The van der Waals surface area contributed by atoms with E-state index in [1.807, 2.05) is 0 Å². The molecule has 10 heteroatoms. The Bertz CT molecular complexity index is 1310. The second-order valence-electron chi connectivity index (χ2n) is 7.32. The Labute approximate surface area is 193 Å². The molecule has 0 aliphatic heterocycles. The highest BCUT2D eigenvalue weighted by atomic mass is 16.5. The Morgan fingerprint density at radius 1 is 0.676 bits per heavy atom. The highest BCUT2D eigenvalue weighted by Crippen LogP contribution is 2.22. The molecule has 4 N–H and O–H groups in total. The number of carbonyl (C=O) groups is 4. The van der Waals surface area contributed by atoms with E-state index in [0.29, 0.717) is 44.6 Å². The van der Waals surface area contributed by atoms with Gasteiger partial charge in [-0.25, -0.2) is 9.59 Å². The van der Waals surface area contributed by atoms with Crippen LogP contribution in [-0.4, -0.2) is 46.9 Å². The minimum atomic E-state index is -0.859. The third-order valence-corrected chi connectivity index (χ3v) is 4.95. The molecule has 0 radical (unpaired) electrons. The number of aromatic amines is 2. The molecule has 0 saturated heterocycles. The third-order valence-electron chi connectivity index (χ3n) is 4.95. The lowest BCUT2D eigenvalue weighted by atomic mass is 10.2. The van der Waals surface area contributed by atoms with Crippen LogP contribution in [0, 0.1) is 0 Å². The van der Waals surface area contributed by atoms with Gasteiger partial charge in [0.25, 0.3) is 0 Å². The van der Waals surface area contributed by atoms with E-state index in [2.05, 4.69) is 20.6 Å². The molecule has 2 amide bonds. The molecule has 0 aliphatic carbocycles. The van der Waals surface area contributed by atoms with E-state index < -0.39 is 23.8 Å². The molecule has 0 bridgehead atoms. The van der Waals surface area contributed by atoms with Crippen LogP contribution >= 0.6 is 0 Å². The minimum absolute atomic E-state index is 0.258. The minimum Gasteiger partial charge on any atom is -0.461 e. The van der Waals surface area contributed by atoms with Gasteiger partial charge in [0.1, 0.15) is 11.4 Å². The average molecular weight is 462 g/mol. The van der Waals surface area contributed by atoms with Gasteiger partial charge in [-0.15, -0.1) is 0 Å². The van der Waals surface area contributed by atoms with E-state index in [0.717, 1.165) is 0 Å². The number of anilines is 2. The fraction of sp³-hybridized carbons (Fsp3) is 0.167. The third kappa shape index (κ3) is 4.75. The van der Waals surface area contributed by atoms with Crippen LogP contribution in [0.15, 0.2) is 48.5 Å². The van der Waals surface area contributed by atoms with Crippen LogP contribution in [0.1, 0.15) is 34.8 Å². The van der Waals surface area contributed by atoms with Crippen molar-refractivity contribution in [2.24, 2.45) is 0 Å². The van der Waals surface area contributed by atoms with Gasteiger partial charge in [0, 0.05) is 33.2 Å². The summed E-state index contributed by atoms with van der Waals surface area (Å²) in [5.41, 5.74) is 2.75. The molecule has 10 nitrogen and oxygen atoms in total. The molecule has 2 aromatic heterocycles. The summed E-state index contributed by atoms with van der Waals surface area (Å²) in [5.74, 6) is -2.67. The van der Waals surface area contributed by atoms with Crippen LogP contribution in [0.25, 0.3) is 21.8 Å². The number of benzene rings is 2. The van der Waals surface area contributed by atoms with E-state index in [4.69, 9.17) is 9.47 Å². The van der Waals surface area contributed by atoms with Crippen LogP contribution in [-0.2, 0) is 19.1 Å². The maximum absolute atomic E-state index is 12.4. The number of esters is 2. The lowest BCUT2D eigenvalue weighted by Crippen LogP contribution is -2.29. The molecule has 0 fully saturated rings. The molecular formula is C24H22N4O6. The zero-order valence-electron chi connectivity index (χ0n) is 18.5. The quantitative estimate of drug-likeness (QED) is 0.255. The number of nitrogens with one attached hydrogen (secondary N) is 4. The SMILES string of the molecule is CCOC(=O)c1cc2cc(NC(=O)C(=O)Nc3ccc4[nH]c(C(=O)OCC)cc4c3)ccc2[nH]1. The van der Waals surface area contributed by atoms with Crippen molar-refractivity contribution in [1.29, 1.82) is 0 Å². The number of fused-ring (bicyclic) bond motifs is 2.